The second kappa shape index (κ2) is 6.64. The van der Waals surface area contributed by atoms with Crippen LogP contribution in [0.4, 0.5) is 5.82 Å². The number of benzene rings is 1. The van der Waals surface area contributed by atoms with Crippen LogP contribution in [0.25, 0.3) is 10.8 Å². The second-order valence-electron chi connectivity index (χ2n) is 4.41. The molecule has 0 aliphatic rings. The molecular formula is C15H20N2S. The highest BCUT2D eigenvalue weighted by molar-refractivity contribution is 7.99. The summed E-state index contributed by atoms with van der Waals surface area (Å²) in [4.78, 5) is 4.46. The molecule has 0 spiro atoms. The molecule has 1 atom stereocenters. The van der Waals surface area contributed by atoms with Gasteiger partial charge in [0, 0.05) is 17.6 Å². The average molecular weight is 260 g/mol. The molecule has 0 fully saturated rings. The summed E-state index contributed by atoms with van der Waals surface area (Å²) in [7, 11) is 0. The van der Waals surface area contributed by atoms with Gasteiger partial charge in [0.1, 0.15) is 5.82 Å². The number of nitrogens with one attached hydrogen (secondary N) is 1. The van der Waals surface area contributed by atoms with E-state index in [1.807, 2.05) is 18.0 Å². The number of pyridine rings is 1. The molecule has 0 aliphatic heterocycles. The molecule has 0 saturated carbocycles. The van der Waals surface area contributed by atoms with Crippen LogP contribution >= 0.6 is 11.8 Å². The maximum Gasteiger partial charge on any atom is 0.134 e. The number of thioether (sulfide) groups is 1. The molecule has 1 N–H and O–H groups in total. The molecule has 2 aromatic rings. The van der Waals surface area contributed by atoms with E-state index in [-0.39, 0.29) is 0 Å². The van der Waals surface area contributed by atoms with Crippen molar-refractivity contribution in [2.75, 3.05) is 16.8 Å². The van der Waals surface area contributed by atoms with Gasteiger partial charge in [-0.25, -0.2) is 4.98 Å². The van der Waals surface area contributed by atoms with Crippen molar-refractivity contribution in [3.05, 3.63) is 36.5 Å². The first kappa shape index (κ1) is 13.2. The molecule has 96 valence electrons. The van der Waals surface area contributed by atoms with E-state index in [0.717, 1.165) is 5.82 Å². The first-order valence-electron chi connectivity index (χ1n) is 6.49. The summed E-state index contributed by atoms with van der Waals surface area (Å²) in [5, 5.41) is 5.96. The SMILES string of the molecule is CCSCCC(C)Nc1nccc2ccccc12. The van der Waals surface area contributed by atoms with E-state index in [2.05, 4.69) is 54.5 Å². The number of hydrogen-bond donors (Lipinski definition) is 1. The summed E-state index contributed by atoms with van der Waals surface area (Å²) in [6.45, 7) is 4.43. The molecule has 0 saturated heterocycles. The van der Waals surface area contributed by atoms with Gasteiger partial charge in [-0.15, -0.1) is 0 Å². The Labute approximate surface area is 113 Å². The standard InChI is InChI=1S/C15H20N2S/c1-3-18-11-9-12(2)17-15-14-7-5-4-6-13(14)8-10-16-15/h4-8,10,12H,3,9,11H2,1-2H3,(H,16,17). The van der Waals surface area contributed by atoms with Crippen LogP contribution in [-0.2, 0) is 0 Å². The molecule has 1 heterocycles. The third-order valence-electron chi connectivity index (χ3n) is 2.96. The Morgan fingerprint density at radius 2 is 2.11 bits per heavy atom. The van der Waals surface area contributed by atoms with Gasteiger partial charge in [-0.3, -0.25) is 0 Å². The van der Waals surface area contributed by atoms with Gasteiger partial charge in [0.15, 0.2) is 0 Å². The smallest absolute Gasteiger partial charge is 0.134 e. The molecule has 3 heteroatoms. The van der Waals surface area contributed by atoms with Crippen LogP contribution < -0.4 is 5.32 Å². The van der Waals surface area contributed by atoms with Gasteiger partial charge >= 0.3 is 0 Å². The fourth-order valence-corrected chi connectivity index (χ4v) is 2.75. The lowest BCUT2D eigenvalue weighted by atomic mass is 10.1. The zero-order valence-corrected chi connectivity index (χ0v) is 11.8. The average Bonchev–Trinajstić information content (AvgIpc) is 2.39. The first-order chi connectivity index (χ1) is 8.81. The minimum Gasteiger partial charge on any atom is -0.367 e. The molecule has 1 unspecified atom stereocenters. The van der Waals surface area contributed by atoms with Gasteiger partial charge in [0.2, 0.25) is 0 Å². The fourth-order valence-electron chi connectivity index (χ4n) is 1.94. The van der Waals surface area contributed by atoms with Crippen molar-refractivity contribution in [1.29, 1.82) is 0 Å². The van der Waals surface area contributed by atoms with Crippen molar-refractivity contribution in [2.45, 2.75) is 26.3 Å². The zero-order chi connectivity index (χ0) is 12.8. The Hall–Kier alpha value is -1.22. The third-order valence-corrected chi connectivity index (χ3v) is 3.89. The summed E-state index contributed by atoms with van der Waals surface area (Å²) in [6.07, 6.45) is 3.04. The van der Waals surface area contributed by atoms with E-state index in [4.69, 9.17) is 0 Å². The molecule has 0 bridgehead atoms. The van der Waals surface area contributed by atoms with Crippen LogP contribution in [-0.4, -0.2) is 22.5 Å². The molecule has 2 rings (SSSR count). The van der Waals surface area contributed by atoms with Crippen molar-refractivity contribution in [1.82, 2.24) is 4.98 Å². The molecular weight excluding hydrogens is 240 g/mol. The predicted octanol–water partition coefficient (Wildman–Crippen LogP) is 4.18. The van der Waals surface area contributed by atoms with Crippen LogP contribution in [0.1, 0.15) is 20.3 Å². The zero-order valence-electron chi connectivity index (χ0n) is 11.0. The lowest BCUT2D eigenvalue weighted by Crippen LogP contribution is -2.17. The molecule has 1 aromatic carbocycles. The Morgan fingerprint density at radius 1 is 1.28 bits per heavy atom. The minimum atomic E-state index is 0.461. The maximum atomic E-state index is 4.46. The van der Waals surface area contributed by atoms with Gasteiger partial charge in [-0.05, 0) is 36.3 Å². The summed E-state index contributed by atoms with van der Waals surface area (Å²) in [5.41, 5.74) is 0. The summed E-state index contributed by atoms with van der Waals surface area (Å²) in [5.74, 6) is 3.40. The van der Waals surface area contributed by atoms with E-state index in [9.17, 15) is 0 Å². The molecule has 18 heavy (non-hydrogen) atoms. The Kier molecular flexibility index (Phi) is 4.88. The number of fused-ring (bicyclic) bond motifs is 1. The minimum absolute atomic E-state index is 0.461. The lowest BCUT2D eigenvalue weighted by Gasteiger charge is -2.15. The second-order valence-corrected chi connectivity index (χ2v) is 5.81. The Morgan fingerprint density at radius 3 is 2.94 bits per heavy atom. The lowest BCUT2D eigenvalue weighted by molar-refractivity contribution is 0.768. The van der Waals surface area contributed by atoms with Crippen molar-refractivity contribution < 1.29 is 0 Å². The highest BCUT2D eigenvalue weighted by atomic mass is 32.2. The number of anilines is 1. The topological polar surface area (TPSA) is 24.9 Å². The maximum absolute atomic E-state index is 4.46. The normalized spacial score (nSPS) is 12.6. The molecule has 1 aromatic heterocycles. The molecule has 0 amide bonds. The summed E-state index contributed by atoms with van der Waals surface area (Å²) < 4.78 is 0. The van der Waals surface area contributed by atoms with Crippen molar-refractivity contribution in [3.8, 4) is 0 Å². The van der Waals surface area contributed by atoms with Crippen molar-refractivity contribution in [3.63, 3.8) is 0 Å². The molecule has 2 nitrogen and oxygen atoms in total. The summed E-state index contributed by atoms with van der Waals surface area (Å²) in [6, 6.07) is 10.9. The largest absolute Gasteiger partial charge is 0.367 e. The van der Waals surface area contributed by atoms with E-state index >= 15 is 0 Å². The van der Waals surface area contributed by atoms with E-state index in [1.165, 1.54) is 28.7 Å². The van der Waals surface area contributed by atoms with Crippen molar-refractivity contribution in [2.24, 2.45) is 0 Å². The van der Waals surface area contributed by atoms with Crippen molar-refractivity contribution >= 4 is 28.4 Å². The van der Waals surface area contributed by atoms with E-state index < -0.39 is 0 Å². The third kappa shape index (κ3) is 3.39. The monoisotopic (exact) mass is 260 g/mol. The number of nitrogens with zero attached hydrogens (tertiary/aromatic N) is 1. The van der Waals surface area contributed by atoms with Gasteiger partial charge in [0.05, 0.1) is 0 Å². The number of rotatable bonds is 6. The summed E-state index contributed by atoms with van der Waals surface area (Å²) >= 11 is 1.99. The highest BCUT2D eigenvalue weighted by Gasteiger charge is 2.05. The molecule has 0 radical (unpaired) electrons. The highest BCUT2D eigenvalue weighted by Crippen LogP contribution is 2.21. The van der Waals surface area contributed by atoms with Crippen LogP contribution in [0.3, 0.4) is 0 Å². The van der Waals surface area contributed by atoms with E-state index in [0.29, 0.717) is 6.04 Å². The van der Waals surface area contributed by atoms with Gasteiger partial charge in [0.25, 0.3) is 0 Å². The predicted molar refractivity (Wildman–Crippen MR) is 82.4 cm³/mol. The van der Waals surface area contributed by atoms with Crippen LogP contribution in [0.15, 0.2) is 36.5 Å². The van der Waals surface area contributed by atoms with Crippen LogP contribution in [0.2, 0.25) is 0 Å². The molecule has 0 aliphatic carbocycles. The van der Waals surface area contributed by atoms with Gasteiger partial charge in [-0.1, -0.05) is 31.2 Å². The number of hydrogen-bond acceptors (Lipinski definition) is 3. The van der Waals surface area contributed by atoms with Gasteiger partial charge < -0.3 is 5.32 Å². The Bertz CT molecular complexity index is 493. The number of aromatic nitrogens is 1. The van der Waals surface area contributed by atoms with Crippen LogP contribution in [0.5, 0.6) is 0 Å². The Balaban J connectivity index is 2.07. The first-order valence-corrected chi connectivity index (χ1v) is 7.64. The van der Waals surface area contributed by atoms with Gasteiger partial charge in [-0.2, -0.15) is 11.8 Å². The quantitative estimate of drug-likeness (QED) is 0.789. The fraction of sp³-hybridized carbons (Fsp3) is 0.400. The van der Waals surface area contributed by atoms with E-state index in [1.54, 1.807) is 0 Å². The van der Waals surface area contributed by atoms with Crippen LogP contribution in [0, 0.1) is 0 Å².